The lowest BCUT2D eigenvalue weighted by molar-refractivity contribution is 0.565. The maximum absolute atomic E-state index is 12.9. The zero-order valence-electron chi connectivity index (χ0n) is 11.9. The molecule has 1 aromatic carbocycles. The van der Waals surface area contributed by atoms with E-state index in [2.05, 4.69) is 26.3 Å². The van der Waals surface area contributed by atoms with Gasteiger partial charge in [0, 0.05) is 12.6 Å². The maximum Gasteiger partial charge on any atom is 0.283 e. The van der Waals surface area contributed by atoms with Gasteiger partial charge in [-0.2, -0.15) is 5.10 Å². The van der Waals surface area contributed by atoms with Gasteiger partial charge in [-0.25, -0.2) is 9.07 Å². The molecule has 0 aliphatic carbocycles. The number of anilines is 1. The van der Waals surface area contributed by atoms with Crippen molar-refractivity contribution >= 4 is 21.6 Å². The molecule has 0 spiro atoms. The van der Waals surface area contributed by atoms with E-state index in [1.165, 1.54) is 16.8 Å². The van der Waals surface area contributed by atoms with Crippen LogP contribution >= 0.6 is 15.9 Å². The first kappa shape index (κ1) is 15.7. The van der Waals surface area contributed by atoms with Crippen LogP contribution in [0.15, 0.2) is 39.7 Å². The van der Waals surface area contributed by atoms with Crippen molar-refractivity contribution in [1.29, 1.82) is 0 Å². The molecule has 2 rings (SSSR count). The number of nitrogens with zero attached hydrogens (tertiary/aromatic N) is 2. The zero-order chi connectivity index (χ0) is 15.4. The Labute approximate surface area is 131 Å². The molecule has 1 N–H and O–H groups in total. The highest BCUT2D eigenvalue weighted by atomic mass is 79.9. The highest BCUT2D eigenvalue weighted by molar-refractivity contribution is 9.10. The summed E-state index contributed by atoms with van der Waals surface area (Å²) in [5.41, 5.74) is 1.40. The van der Waals surface area contributed by atoms with E-state index in [4.69, 9.17) is 0 Å². The molecule has 2 aromatic rings. The normalized spacial score (nSPS) is 12.2. The summed E-state index contributed by atoms with van der Waals surface area (Å²) in [6, 6.07) is 6.20. The summed E-state index contributed by atoms with van der Waals surface area (Å²) in [6.45, 7) is 4.52. The summed E-state index contributed by atoms with van der Waals surface area (Å²) in [4.78, 5) is 12.1. The van der Waals surface area contributed by atoms with E-state index in [0.717, 1.165) is 12.0 Å². The number of halogens is 2. The van der Waals surface area contributed by atoms with Crippen LogP contribution in [0.4, 0.5) is 10.1 Å². The molecule has 0 amide bonds. The van der Waals surface area contributed by atoms with Gasteiger partial charge >= 0.3 is 0 Å². The molecule has 1 aromatic heterocycles. The molecule has 0 fully saturated rings. The van der Waals surface area contributed by atoms with Crippen LogP contribution in [0.1, 0.15) is 31.9 Å². The predicted molar refractivity (Wildman–Crippen MR) is 84.9 cm³/mol. The van der Waals surface area contributed by atoms with Crippen LogP contribution in [0.5, 0.6) is 0 Å². The third-order valence-corrected chi connectivity index (χ3v) is 3.93. The minimum absolute atomic E-state index is 0.0647. The van der Waals surface area contributed by atoms with E-state index in [-0.39, 0.29) is 17.4 Å². The second kappa shape index (κ2) is 6.85. The van der Waals surface area contributed by atoms with Crippen molar-refractivity contribution < 1.29 is 4.39 Å². The fourth-order valence-corrected chi connectivity index (χ4v) is 2.43. The van der Waals surface area contributed by atoms with Gasteiger partial charge in [-0.3, -0.25) is 4.79 Å². The lowest BCUT2D eigenvalue weighted by Gasteiger charge is -2.17. The van der Waals surface area contributed by atoms with Gasteiger partial charge < -0.3 is 5.32 Å². The molecular weight excluding hydrogens is 337 g/mol. The van der Waals surface area contributed by atoms with Crippen LogP contribution in [-0.4, -0.2) is 9.78 Å². The number of hydrogen-bond acceptors (Lipinski definition) is 3. The lowest BCUT2D eigenvalue weighted by Crippen LogP contribution is -2.24. The number of nitrogens with one attached hydrogen (secondary N) is 1. The van der Waals surface area contributed by atoms with Gasteiger partial charge in [-0.05, 0) is 47.0 Å². The Hall–Kier alpha value is -1.69. The van der Waals surface area contributed by atoms with Crippen LogP contribution in [0.3, 0.4) is 0 Å². The van der Waals surface area contributed by atoms with E-state index in [1.54, 1.807) is 18.3 Å². The van der Waals surface area contributed by atoms with E-state index in [1.807, 2.05) is 13.8 Å². The van der Waals surface area contributed by atoms with Crippen LogP contribution < -0.4 is 10.9 Å². The van der Waals surface area contributed by atoms with Gasteiger partial charge in [0.05, 0.1) is 11.9 Å². The first-order chi connectivity index (χ1) is 10.0. The third kappa shape index (κ3) is 3.69. The van der Waals surface area contributed by atoms with Gasteiger partial charge in [-0.15, -0.1) is 0 Å². The molecule has 0 aliphatic heterocycles. The van der Waals surface area contributed by atoms with Crippen molar-refractivity contribution in [2.75, 3.05) is 5.32 Å². The number of benzene rings is 1. The van der Waals surface area contributed by atoms with Crippen molar-refractivity contribution in [3.63, 3.8) is 0 Å². The topological polar surface area (TPSA) is 46.9 Å². The zero-order valence-corrected chi connectivity index (χ0v) is 13.5. The summed E-state index contributed by atoms with van der Waals surface area (Å²) >= 11 is 3.32. The number of hydrogen-bond donors (Lipinski definition) is 1. The third-order valence-electron chi connectivity index (χ3n) is 3.16. The van der Waals surface area contributed by atoms with Crippen molar-refractivity contribution in [2.24, 2.45) is 0 Å². The molecule has 0 aliphatic rings. The van der Waals surface area contributed by atoms with E-state index >= 15 is 0 Å². The van der Waals surface area contributed by atoms with Crippen molar-refractivity contribution in [2.45, 2.75) is 32.9 Å². The van der Waals surface area contributed by atoms with Crippen LogP contribution in [0, 0.1) is 5.82 Å². The highest BCUT2D eigenvalue weighted by Gasteiger charge is 2.12. The molecule has 0 saturated heterocycles. The largest absolute Gasteiger partial charge is 0.376 e. The van der Waals surface area contributed by atoms with E-state index in [9.17, 15) is 9.18 Å². The van der Waals surface area contributed by atoms with Crippen molar-refractivity contribution in [1.82, 2.24) is 9.78 Å². The van der Waals surface area contributed by atoms with Crippen LogP contribution in [-0.2, 0) is 6.54 Å². The number of aryl methyl sites for hydroxylation is 1. The highest BCUT2D eigenvalue weighted by Crippen LogP contribution is 2.23. The average molecular weight is 354 g/mol. The maximum atomic E-state index is 12.9. The average Bonchev–Trinajstić information content (AvgIpc) is 2.47. The quantitative estimate of drug-likeness (QED) is 0.890. The molecule has 6 heteroatoms. The summed E-state index contributed by atoms with van der Waals surface area (Å²) in [5.74, 6) is -0.268. The first-order valence-corrected chi connectivity index (χ1v) is 7.59. The Morgan fingerprint density at radius 1 is 1.38 bits per heavy atom. The molecule has 1 atom stereocenters. The van der Waals surface area contributed by atoms with Crippen molar-refractivity contribution in [3.05, 3.63) is 56.7 Å². The monoisotopic (exact) mass is 353 g/mol. The minimum atomic E-state index is -0.268. The summed E-state index contributed by atoms with van der Waals surface area (Å²) < 4.78 is 14.8. The summed E-state index contributed by atoms with van der Waals surface area (Å²) in [5, 5.41) is 7.35. The molecule has 1 unspecified atom stereocenters. The van der Waals surface area contributed by atoms with Gasteiger partial charge in [0.1, 0.15) is 10.3 Å². The summed E-state index contributed by atoms with van der Waals surface area (Å²) in [7, 11) is 0. The molecule has 4 nitrogen and oxygen atoms in total. The van der Waals surface area contributed by atoms with Gasteiger partial charge in [0.25, 0.3) is 5.56 Å². The van der Waals surface area contributed by atoms with Crippen LogP contribution in [0.2, 0.25) is 0 Å². The Kier molecular flexibility index (Phi) is 5.12. The fourth-order valence-electron chi connectivity index (χ4n) is 2.00. The minimum Gasteiger partial charge on any atom is -0.376 e. The SMILES string of the molecule is CCCn1ncc(NC(C)c2ccc(F)cc2)c(Br)c1=O. The Bertz CT molecular complexity index is 670. The fraction of sp³-hybridized carbons (Fsp3) is 0.333. The number of rotatable bonds is 5. The molecule has 112 valence electrons. The molecule has 0 saturated carbocycles. The lowest BCUT2D eigenvalue weighted by atomic mass is 10.1. The van der Waals surface area contributed by atoms with E-state index < -0.39 is 0 Å². The Balaban J connectivity index is 2.21. The standard InChI is InChI=1S/C15H17BrFN3O/c1-3-8-20-15(21)14(16)13(9-18-20)19-10(2)11-4-6-12(17)7-5-11/h4-7,9-10,19H,3,8H2,1-2H3. The van der Waals surface area contributed by atoms with Gasteiger partial charge in [0.15, 0.2) is 0 Å². The Morgan fingerprint density at radius 3 is 2.67 bits per heavy atom. The molecule has 1 heterocycles. The first-order valence-electron chi connectivity index (χ1n) is 6.80. The number of aromatic nitrogens is 2. The van der Waals surface area contributed by atoms with Crippen molar-refractivity contribution in [3.8, 4) is 0 Å². The summed E-state index contributed by atoms with van der Waals surface area (Å²) in [6.07, 6.45) is 2.47. The van der Waals surface area contributed by atoms with Gasteiger partial charge in [-0.1, -0.05) is 19.1 Å². The molecule has 0 radical (unpaired) electrons. The predicted octanol–water partition coefficient (Wildman–Crippen LogP) is 3.73. The second-order valence-corrected chi connectivity index (χ2v) is 5.61. The van der Waals surface area contributed by atoms with Crippen LogP contribution in [0.25, 0.3) is 0 Å². The smallest absolute Gasteiger partial charge is 0.283 e. The second-order valence-electron chi connectivity index (χ2n) is 4.82. The molecule has 21 heavy (non-hydrogen) atoms. The molecule has 0 bridgehead atoms. The van der Waals surface area contributed by atoms with Gasteiger partial charge in [0.2, 0.25) is 0 Å². The Morgan fingerprint density at radius 2 is 2.05 bits per heavy atom. The molecular formula is C15H17BrFN3O. The van der Waals surface area contributed by atoms with E-state index in [0.29, 0.717) is 16.7 Å².